The number of benzene rings is 1. The zero-order chi connectivity index (χ0) is 32.0. The lowest BCUT2D eigenvalue weighted by Crippen LogP contribution is -2.60. The number of ether oxygens (including phenoxy) is 6. The van der Waals surface area contributed by atoms with Crippen LogP contribution in [-0.4, -0.2) is 66.6 Å². The Labute approximate surface area is 251 Å². The quantitative estimate of drug-likeness (QED) is 0.259. The van der Waals surface area contributed by atoms with Gasteiger partial charge in [-0.3, -0.25) is 23.7 Å². The SMILES string of the molecule is COc1ccc(-c2c(C#N)c(N)n([C@@H]3O[C@H](COC(C)=O)[C@@H](OC(C)=O)[C@H](OC(C)=O)[C@@H]3OC(C)=O)c(=S)c2C#N)cc1. The first-order valence-corrected chi connectivity index (χ1v) is 13.1. The van der Waals surface area contributed by atoms with Crippen molar-refractivity contribution in [2.75, 3.05) is 19.5 Å². The van der Waals surface area contributed by atoms with E-state index < -0.39 is 61.1 Å². The van der Waals surface area contributed by atoms with Crippen molar-refractivity contribution in [3.05, 3.63) is 40.0 Å². The second kappa shape index (κ2) is 13.8. The summed E-state index contributed by atoms with van der Waals surface area (Å²) < 4.78 is 33.7. The van der Waals surface area contributed by atoms with Crippen molar-refractivity contribution in [3.8, 4) is 29.0 Å². The number of hydrogen-bond donors (Lipinski definition) is 1. The zero-order valence-corrected chi connectivity index (χ0v) is 24.6. The molecule has 3 rings (SSSR count). The van der Waals surface area contributed by atoms with Crippen LogP contribution < -0.4 is 10.5 Å². The summed E-state index contributed by atoms with van der Waals surface area (Å²) in [4.78, 5) is 48.2. The average Bonchev–Trinajstić information content (AvgIpc) is 2.94. The molecule has 1 aromatic heterocycles. The average molecular weight is 613 g/mol. The molecule has 0 radical (unpaired) electrons. The normalized spacial score (nSPS) is 21.0. The Morgan fingerprint density at radius 2 is 1.42 bits per heavy atom. The predicted molar refractivity (Wildman–Crippen MR) is 148 cm³/mol. The molecule has 0 bridgehead atoms. The fraction of sp³-hybridized carbons (Fsp3) is 0.393. The molecule has 15 heteroatoms. The van der Waals surface area contributed by atoms with Crippen LogP contribution in [0, 0.1) is 27.3 Å². The number of hydrogen-bond acceptors (Lipinski definition) is 14. The molecule has 0 aliphatic carbocycles. The van der Waals surface area contributed by atoms with E-state index in [0.717, 1.165) is 32.3 Å². The standard InChI is InChI=1S/C28H28N4O10S/c1-13(33)38-12-21-23(39-14(2)34)24(40-15(3)35)25(41-16(4)36)27(42-21)32-26(31)19(10-29)22(20(11-30)28(32)43)17-6-8-18(37-5)9-7-17/h6-9,21,23-25,27H,12,31H2,1-5H3/t21-,23-,24+,25+,27-/m1/s1. The molecule has 1 saturated heterocycles. The van der Waals surface area contributed by atoms with Crippen LogP contribution in [-0.2, 0) is 42.9 Å². The van der Waals surface area contributed by atoms with Gasteiger partial charge in [0, 0.05) is 33.3 Å². The van der Waals surface area contributed by atoms with Gasteiger partial charge in [0.05, 0.1) is 12.7 Å². The fourth-order valence-corrected chi connectivity index (χ4v) is 4.99. The highest BCUT2D eigenvalue weighted by molar-refractivity contribution is 7.71. The van der Waals surface area contributed by atoms with Crippen molar-refractivity contribution in [2.45, 2.75) is 58.3 Å². The zero-order valence-electron chi connectivity index (χ0n) is 23.8. The van der Waals surface area contributed by atoms with Gasteiger partial charge in [-0.2, -0.15) is 10.5 Å². The van der Waals surface area contributed by atoms with Crippen LogP contribution in [0.2, 0.25) is 0 Å². The van der Waals surface area contributed by atoms with E-state index in [1.54, 1.807) is 24.3 Å². The second-order valence-electron chi connectivity index (χ2n) is 9.23. The van der Waals surface area contributed by atoms with E-state index in [-0.39, 0.29) is 27.1 Å². The van der Waals surface area contributed by atoms with E-state index in [1.165, 1.54) is 7.11 Å². The Balaban J connectivity index is 2.35. The summed E-state index contributed by atoms with van der Waals surface area (Å²) in [5, 5.41) is 20.4. The highest BCUT2D eigenvalue weighted by atomic mass is 32.1. The minimum Gasteiger partial charge on any atom is -0.497 e. The Kier molecular flexibility index (Phi) is 10.4. The van der Waals surface area contributed by atoms with Gasteiger partial charge >= 0.3 is 23.9 Å². The van der Waals surface area contributed by atoms with Gasteiger partial charge in [0.25, 0.3) is 0 Å². The Bertz CT molecular complexity index is 1570. The molecule has 1 aliphatic heterocycles. The maximum Gasteiger partial charge on any atom is 0.303 e. The first-order valence-electron chi connectivity index (χ1n) is 12.7. The highest BCUT2D eigenvalue weighted by Crippen LogP contribution is 2.40. The van der Waals surface area contributed by atoms with E-state index in [0.29, 0.717) is 11.3 Å². The summed E-state index contributed by atoms with van der Waals surface area (Å²) in [6, 6.07) is 10.5. The largest absolute Gasteiger partial charge is 0.497 e. The summed E-state index contributed by atoms with van der Waals surface area (Å²) in [6.07, 6.45) is -7.40. The number of pyridine rings is 1. The molecule has 0 unspecified atom stereocenters. The minimum atomic E-state index is -1.57. The summed E-state index contributed by atoms with van der Waals surface area (Å²) >= 11 is 5.67. The molecule has 0 spiro atoms. The molecule has 1 aromatic carbocycles. The van der Waals surface area contributed by atoms with Gasteiger partial charge in [0.2, 0.25) is 0 Å². The Hall–Kier alpha value is -4.99. The number of methoxy groups -OCH3 is 1. The van der Waals surface area contributed by atoms with Gasteiger partial charge < -0.3 is 34.2 Å². The number of nitrogen functional groups attached to an aromatic ring is 1. The smallest absolute Gasteiger partial charge is 0.303 e. The third-order valence-electron chi connectivity index (χ3n) is 6.27. The van der Waals surface area contributed by atoms with Crippen molar-refractivity contribution in [2.24, 2.45) is 0 Å². The summed E-state index contributed by atoms with van der Waals surface area (Å²) in [5.74, 6) is -2.96. The van der Waals surface area contributed by atoms with Crippen molar-refractivity contribution in [3.63, 3.8) is 0 Å². The lowest BCUT2D eigenvalue weighted by Gasteiger charge is -2.45. The number of anilines is 1. The van der Waals surface area contributed by atoms with Crippen molar-refractivity contribution >= 4 is 41.9 Å². The molecular weight excluding hydrogens is 584 g/mol. The second-order valence-corrected chi connectivity index (χ2v) is 9.61. The number of nitrogens with zero attached hydrogens (tertiary/aromatic N) is 3. The van der Waals surface area contributed by atoms with Crippen molar-refractivity contribution in [1.82, 2.24) is 4.57 Å². The van der Waals surface area contributed by atoms with Crippen LogP contribution in [0.5, 0.6) is 5.75 Å². The van der Waals surface area contributed by atoms with Gasteiger partial charge in [0.15, 0.2) is 24.5 Å². The summed E-state index contributed by atoms with van der Waals surface area (Å²) in [7, 11) is 1.48. The molecule has 43 heavy (non-hydrogen) atoms. The van der Waals surface area contributed by atoms with Gasteiger partial charge in [-0.25, -0.2) is 0 Å². The third-order valence-corrected chi connectivity index (χ3v) is 6.67. The monoisotopic (exact) mass is 612 g/mol. The molecule has 2 aromatic rings. The lowest BCUT2D eigenvalue weighted by atomic mass is 9.94. The van der Waals surface area contributed by atoms with E-state index in [9.17, 15) is 29.7 Å². The molecule has 226 valence electrons. The summed E-state index contributed by atoms with van der Waals surface area (Å²) in [6.45, 7) is 3.88. The number of carbonyl (C=O) groups excluding carboxylic acids is 4. The molecule has 5 atom stereocenters. The molecule has 1 fully saturated rings. The van der Waals surface area contributed by atoms with Crippen LogP contribution in [0.1, 0.15) is 45.0 Å². The van der Waals surface area contributed by atoms with E-state index in [1.807, 2.05) is 12.1 Å². The van der Waals surface area contributed by atoms with Crippen LogP contribution >= 0.6 is 12.2 Å². The third kappa shape index (κ3) is 7.09. The molecule has 1 aliphatic rings. The topological polar surface area (TPSA) is 202 Å². The van der Waals surface area contributed by atoms with Gasteiger partial charge in [-0.15, -0.1) is 0 Å². The number of carbonyl (C=O) groups is 4. The van der Waals surface area contributed by atoms with Gasteiger partial charge in [0.1, 0.15) is 46.6 Å². The highest BCUT2D eigenvalue weighted by Gasteiger charge is 2.53. The number of nitriles is 2. The van der Waals surface area contributed by atoms with Gasteiger partial charge in [-0.05, 0) is 17.7 Å². The van der Waals surface area contributed by atoms with Crippen LogP contribution in [0.3, 0.4) is 0 Å². The molecule has 2 heterocycles. The number of esters is 4. The molecular formula is C28H28N4O10S. The number of nitrogens with two attached hydrogens (primary N) is 1. The molecule has 0 amide bonds. The first-order chi connectivity index (χ1) is 20.3. The van der Waals surface area contributed by atoms with Gasteiger partial charge in [-0.1, -0.05) is 24.4 Å². The molecule has 14 nitrogen and oxygen atoms in total. The fourth-order valence-electron chi connectivity index (χ4n) is 4.64. The van der Waals surface area contributed by atoms with E-state index >= 15 is 0 Å². The number of aromatic nitrogens is 1. The first kappa shape index (κ1) is 32.5. The maximum atomic E-state index is 12.3. The Morgan fingerprint density at radius 3 is 1.91 bits per heavy atom. The van der Waals surface area contributed by atoms with Crippen molar-refractivity contribution < 1.29 is 47.6 Å². The number of rotatable bonds is 8. The lowest BCUT2D eigenvalue weighted by molar-refractivity contribution is -0.268. The minimum absolute atomic E-state index is 0.136. The molecule has 2 N–H and O–H groups in total. The maximum absolute atomic E-state index is 12.3. The van der Waals surface area contributed by atoms with Crippen molar-refractivity contribution in [1.29, 1.82) is 10.5 Å². The van der Waals surface area contributed by atoms with Crippen LogP contribution in [0.25, 0.3) is 11.1 Å². The van der Waals surface area contributed by atoms with E-state index in [4.69, 9.17) is 46.4 Å². The Morgan fingerprint density at radius 1 is 0.884 bits per heavy atom. The molecule has 0 saturated carbocycles. The van der Waals surface area contributed by atoms with Crippen LogP contribution in [0.15, 0.2) is 24.3 Å². The summed E-state index contributed by atoms with van der Waals surface area (Å²) in [5.41, 5.74) is 6.77. The predicted octanol–water partition coefficient (Wildman–Crippen LogP) is 2.47. The van der Waals surface area contributed by atoms with E-state index in [2.05, 4.69) is 0 Å². The van der Waals surface area contributed by atoms with Crippen LogP contribution in [0.4, 0.5) is 5.82 Å².